The molecule has 11 heavy (non-hydrogen) atoms. The summed E-state index contributed by atoms with van der Waals surface area (Å²) in [5.41, 5.74) is 1.36. The Labute approximate surface area is 68.5 Å². The first-order chi connectivity index (χ1) is 5.30. The van der Waals surface area contributed by atoms with E-state index in [0.717, 1.165) is 12.8 Å². The van der Waals surface area contributed by atoms with Gasteiger partial charge in [-0.05, 0) is 24.3 Å². The van der Waals surface area contributed by atoms with Crippen LogP contribution < -0.4 is 0 Å². The molecule has 0 amide bonds. The molecule has 0 saturated carbocycles. The molecule has 1 rings (SSSR count). The van der Waals surface area contributed by atoms with Gasteiger partial charge in [0.05, 0.1) is 0 Å². The Morgan fingerprint density at radius 2 is 2.18 bits per heavy atom. The van der Waals surface area contributed by atoms with Crippen LogP contribution in [-0.2, 0) is 0 Å². The van der Waals surface area contributed by atoms with Crippen molar-refractivity contribution in [3.63, 3.8) is 0 Å². The average molecular weight is 149 g/mol. The summed E-state index contributed by atoms with van der Waals surface area (Å²) in [6, 6.07) is 0. The van der Waals surface area contributed by atoms with Crippen LogP contribution in [0.2, 0.25) is 0 Å². The highest BCUT2D eigenvalue weighted by Crippen LogP contribution is 2.10. The van der Waals surface area contributed by atoms with Crippen LogP contribution in [0, 0.1) is 5.92 Å². The molecule has 1 heteroatoms. The lowest BCUT2D eigenvalue weighted by Crippen LogP contribution is -1.95. The van der Waals surface area contributed by atoms with Gasteiger partial charge in [-0.2, -0.15) is 0 Å². The minimum absolute atomic E-state index is 0.602. The maximum absolute atomic E-state index is 4.16. The molecule has 0 aromatic heterocycles. The lowest BCUT2D eigenvalue weighted by atomic mass is 10.0. The molecular formula is C10H15N. The van der Waals surface area contributed by atoms with E-state index in [1.165, 1.54) is 5.57 Å². The lowest BCUT2D eigenvalue weighted by molar-refractivity contribution is 0.796. The average Bonchev–Trinajstić information content (AvgIpc) is 1.84. The number of aliphatic imine (C=N–C) groups is 1. The second-order valence-corrected chi connectivity index (χ2v) is 3.10. The first-order valence-electron chi connectivity index (χ1n) is 4.19. The summed E-state index contributed by atoms with van der Waals surface area (Å²) in [6.07, 6.45) is 10.5. The molecule has 0 unspecified atom stereocenters. The molecular weight excluding hydrogens is 134 g/mol. The van der Waals surface area contributed by atoms with E-state index in [1.807, 2.05) is 12.4 Å². The Morgan fingerprint density at radius 1 is 1.36 bits per heavy atom. The van der Waals surface area contributed by atoms with E-state index < -0.39 is 0 Å². The van der Waals surface area contributed by atoms with Crippen molar-refractivity contribution in [2.75, 3.05) is 0 Å². The van der Waals surface area contributed by atoms with E-state index in [4.69, 9.17) is 0 Å². The summed E-state index contributed by atoms with van der Waals surface area (Å²) in [5, 5.41) is 0. The van der Waals surface area contributed by atoms with E-state index in [0.29, 0.717) is 5.92 Å². The van der Waals surface area contributed by atoms with Crippen LogP contribution in [0.15, 0.2) is 28.9 Å². The molecule has 0 radical (unpaired) electrons. The van der Waals surface area contributed by atoms with Crippen LogP contribution in [0.25, 0.3) is 0 Å². The maximum Gasteiger partial charge on any atom is 0.0299 e. The van der Waals surface area contributed by atoms with Gasteiger partial charge in [0, 0.05) is 12.4 Å². The number of allylic oxidation sites excluding steroid dienone is 3. The van der Waals surface area contributed by atoms with Crippen LogP contribution in [0.4, 0.5) is 0 Å². The van der Waals surface area contributed by atoms with Crippen LogP contribution in [0.1, 0.15) is 26.7 Å². The fourth-order valence-electron chi connectivity index (χ4n) is 1.05. The predicted molar refractivity (Wildman–Crippen MR) is 49.8 cm³/mol. The molecule has 1 heterocycles. The SMILES string of the molecule is CC(C)C1=C\CC\C=C/N=C/1. The fraction of sp³-hybridized carbons (Fsp3) is 0.500. The normalized spacial score (nSPS) is 28.5. The Bertz CT molecular complexity index is 197. The van der Waals surface area contributed by atoms with Gasteiger partial charge in [0.1, 0.15) is 0 Å². The van der Waals surface area contributed by atoms with Gasteiger partial charge < -0.3 is 0 Å². The third kappa shape index (κ3) is 2.71. The van der Waals surface area contributed by atoms with Gasteiger partial charge in [-0.1, -0.05) is 26.0 Å². The predicted octanol–water partition coefficient (Wildman–Crippen LogP) is 2.95. The van der Waals surface area contributed by atoms with Gasteiger partial charge in [-0.25, -0.2) is 0 Å². The molecule has 1 aliphatic rings. The summed E-state index contributed by atoms with van der Waals surface area (Å²) in [6.45, 7) is 4.40. The first-order valence-corrected chi connectivity index (χ1v) is 4.19. The fourth-order valence-corrected chi connectivity index (χ4v) is 1.05. The van der Waals surface area contributed by atoms with Crippen LogP contribution >= 0.6 is 0 Å². The highest BCUT2D eigenvalue weighted by molar-refractivity contribution is 5.79. The lowest BCUT2D eigenvalue weighted by Gasteiger charge is -2.05. The molecule has 0 fully saturated rings. The molecule has 0 aromatic rings. The van der Waals surface area contributed by atoms with Crippen molar-refractivity contribution in [2.24, 2.45) is 10.9 Å². The summed E-state index contributed by atoms with van der Waals surface area (Å²) in [5.74, 6) is 0.602. The van der Waals surface area contributed by atoms with Gasteiger partial charge in [0.25, 0.3) is 0 Å². The van der Waals surface area contributed by atoms with E-state index in [9.17, 15) is 0 Å². The van der Waals surface area contributed by atoms with E-state index in [1.54, 1.807) is 0 Å². The molecule has 0 saturated heterocycles. The minimum atomic E-state index is 0.602. The number of hydrogen-bond acceptors (Lipinski definition) is 1. The summed E-state index contributed by atoms with van der Waals surface area (Å²) in [7, 11) is 0. The van der Waals surface area contributed by atoms with Crippen molar-refractivity contribution >= 4 is 6.21 Å². The Kier molecular flexibility index (Phi) is 3.09. The zero-order chi connectivity index (χ0) is 8.10. The largest absolute Gasteiger partial charge is 0.265 e. The molecule has 1 nitrogen and oxygen atoms in total. The van der Waals surface area contributed by atoms with E-state index >= 15 is 0 Å². The van der Waals surface area contributed by atoms with Gasteiger partial charge >= 0.3 is 0 Å². The second-order valence-electron chi connectivity index (χ2n) is 3.10. The molecule has 0 spiro atoms. The monoisotopic (exact) mass is 149 g/mol. The molecule has 0 N–H and O–H groups in total. The van der Waals surface area contributed by atoms with Crippen LogP contribution in [0.3, 0.4) is 0 Å². The summed E-state index contributed by atoms with van der Waals surface area (Å²) >= 11 is 0. The zero-order valence-corrected chi connectivity index (χ0v) is 7.25. The van der Waals surface area contributed by atoms with Gasteiger partial charge in [-0.3, -0.25) is 4.99 Å². The quantitative estimate of drug-likeness (QED) is 0.543. The molecule has 0 atom stereocenters. The summed E-state index contributed by atoms with van der Waals surface area (Å²) in [4.78, 5) is 4.16. The maximum atomic E-state index is 4.16. The Hall–Kier alpha value is -0.850. The van der Waals surface area contributed by atoms with Crippen molar-refractivity contribution in [3.05, 3.63) is 23.9 Å². The topological polar surface area (TPSA) is 12.4 Å². The Balaban J connectivity index is 2.69. The van der Waals surface area contributed by atoms with Gasteiger partial charge in [0.15, 0.2) is 0 Å². The smallest absolute Gasteiger partial charge is 0.0299 e. The standard InChI is InChI=1S/C10H15N/c1-9(2)10-6-4-3-5-7-11-8-10/h5-9H,3-4H2,1-2H3/b7-5-,10-6+,11-8+. The molecule has 60 valence electrons. The van der Waals surface area contributed by atoms with Gasteiger partial charge in [-0.15, -0.1) is 0 Å². The molecule has 1 aliphatic heterocycles. The van der Waals surface area contributed by atoms with Crippen molar-refractivity contribution in [1.82, 2.24) is 0 Å². The van der Waals surface area contributed by atoms with Crippen molar-refractivity contribution < 1.29 is 0 Å². The van der Waals surface area contributed by atoms with Crippen molar-refractivity contribution in [1.29, 1.82) is 0 Å². The highest BCUT2D eigenvalue weighted by atomic mass is 14.7. The van der Waals surface area contributed by atoms with Crippen molar-refractivity contribution in [2.45, 2.75) is 26.7 Å². The Morgan fingerprint density at radius 3 is 2.91 bits per heavy atom. The van der Waals surface area contributed by atoms with E-state index in [2.05, 4.69) is 31.0 Å². The third-order valence-electron chi connectivity index (χ3n) is 1.80. The summed E-state index contributed by atoms with van der Waals surface area (Å²) < 4.78 is 0. The highest BCUT2D eigenvalue weighted by Gasteiger charge is 1.98. The zero-order valence-electron chi connectivity index (χ0n) is 7.25. The van der Waals surface area contributed by atoms with Crippen LogP contribution in [0.5, 0.6) is 0 Å². The number of rotatable bonds is 1. The third-order valence-corrected chi connectivity index (χ3v) is 1.80. The second kappa shape index (κ2) is 4.12. The van der Waals surface area contributed by atoms with Crippen molar-refractivity contribution in [3.8, 4) is 0 Å². The van der Waals surface area contributed by atoms with Gasteiger partial charge in [0.2, 0.25) is 0 Å². The molecule has 0 bridgehead atoms. The molecule has 0 aliphatic carbocycles. The van der Waals surface area contributed by atoms with Crippen LogP contribution in [-0.4, -0.2) is 6.21 Å². The molecule has 0 aromatic carbocycles. The number of nitrogens with zero attached hydrogens (tertiary/aromatic N) is 1. The van der Waals surface area contributed by atoms with E-state index in [-0.39, 0.29) is 0 Å². The minimum Gasteiger partial charge on any atom is -0.265 e. The number of hydrogen-bond donors (Lipinski definition) is 0. The first kappa shape index (κ1) is 8.25.